The van der Waals surface area contributed by atoms with Crippen LogP contribution in [0, 0.1) is 0 Å². The molecule has 21 heavy (non-hydrogen) atoms. The van der Waals surface area contributed by atoms with Gasteiger partial charge >= 0.3 is 6.18 Å². The summed E-state index contributed by atoms with van der Waals surface area (Å²) in [5.74, 6) is -0.269. The van der Waals surface area contributed by atoms with Gasteiger partial charge in [0, 0.05) is 13.1 Å². The van der Waals surface area contributed by atoms with Crippen LogP contribution in [0.1, 0.15) is 24.1 Å². The molecule has 0 aliphatic carbocycles. The minimum absolute atomic E-state index is 0.269. The van der Waals surface area contributed by atoms with Crippen LogP contribution in [0.3, 0.4) is 0 Å². The number of halogens is 3. The number of nitrogens with one attached hydrogen (secondary N) is 2. The summed E-state index contributed by atoms with van der Waals surface area (Å²) in [4.78, 5) is 12.0. The molecule has 2 rings (SSSR count). The lowest BCUT2D eigenvalue weighted by molar-refractivity contribution is -0.137. The summed E-state index contributed by atoms with van der Waals surface area (Å²) >= 11 is 0. The number of hydrogen-bond acceptors (Lipinski definition) is 3. The molecule has 1 aliphatic rings. The van der Waals surface area contributed by atoms with Crippen LogP contribution in [-0.4, -0.2) is 31.7 Å². The molecule has 1 heterocycles. The number of rotatable bonds is 3. The lowest BCUT2D eigenvalue weighted by Crippen LogP contribution is -2.48. The van der Waals surface area contributed by atoms with E-state index in [1.165, 1.54) is 12.1 Å². The number of morpholine rings is 1. The van der Waals surface area contributed by atoms with E-state index in [1.54, 1.807) is 6.92 Å². The SMILES string of the molecule is CC(NC(=O)C1CNCCO1)c1ccc(C(F)(F)F)cc1. The van der Waals surface area contributed by atoms with E-state index in [0.717, 1.165) is 12.1 Å². The number of benzene rings is 1. The fraction of sp³-hybridized carbons (Fsp3) is 0.500. The summed E-state index contributed by atoms with van der Waals surface area (Å²) < 4.78 is 42.8. The molecule has 1 fully saturated rings. The van der Waals surface area contributed by atoms with Gasteiger partial charge < -0.3 is 15.4 Å². The first-order valence-electron chi connectivity index (χ1n) is 6.68. The molecule has 2 atom stereocenters. The number of carbonyl (C=O) groups excluding carboxylic acids is 1. The Morgan fingerprint density at radius 1 is 1.38 bits per heavy atom. The number of ether oxygens (including phenoxy) is 1. The van der Waals surface area contributed by atoms with E-state index >= 15 is 0 Å². The highest BCUT2D eigenvalue weighted by atomic mass is 19.4. The van der Waals surface area contributed by atoms with Gasteiger partial charge in [0.25, 0.3) is 5.91 Å². The van der Waals surface area contributed by atoms with Crippen molar-refractivity contribution in [1.29, 1.82) is 0 Å². The van der Waals surface area contributed by atoms with Crippen molar-refractivity contribution in [2.45, 2.75) is 25.2 Å². The lowest BCUT2D eigenvalue weighted by Gasteiger charge is -2.24. The normalized spacial score (nSPS) is 20.9. The highest BCUT2D eigenvalue weighted by Crippen LogP contribution is 2.29. The molecular formula is C14H17F3N2O2. The van der Waals surface area contributed by atoms with Crippen LogP contribution < -0.4 is 10.6 Å². The van der Waals surface area contributed by atoms with E-state index in [9.17, 15) is 18.0 Å². The molecule has 1 aromatic rings. The van der Waals surface area contributed by atoms with Gasteiger partial charge in [0.15, 0.2) is 0 Å². The maximum atomic E-state index is 12.5. The van der Waals surface area contributed by atoms with Crippen molar-refractivity contribution in [3.05, 3.63) is 35.4 Å². The summed E-state index contributed by atoms with van der Waals surface area (Å²) in [6.45, 7) is 3.33. The average molecular weight is 302 g/mol. The van der Waals surface area contributed by atoms with Crippen molar-refractivity contribution in [1.82, 2.24) is 10.6 Å². The van der Waals surface area contributed by atoms with Gasteiger partial charge in [-0.3, -0.25) is 4.79 Å². The predicted octanol–water partition coefficient (Wildman–Crippen LogP) is 1.87. The molecule has 1 aromatic carbocycles. The van der Waals surface area contributed by atoms with E-state index in [1.807, 2.05) is 0 Å². The summed E-state index contributed by atoms with van der Waals surface area (Å²) in [5.41, 5.74) is -0.0929. The molecule has 116 valence electrons. The van der Waals surface area contributed by atoms with Gasteiger partial charge in [-0.25, -0.2) is 0 Å². The van der Waals surface area contributed by atoms with Crippen LogP contribution in [0.25, 0.3) is 0 Å². The Balaban J connectivity index is 1.96. The molecule has 0 aromatic heterocycles. The van der Waals surface area contributed by atoms with Crippen LogP contribution in [-0.2, 0) is 15.7 Å². The van der Waals surface area contributed by atoms with Gasteiger partial charge in [0.1, 0.15) is 6.10 Å². The summed E-state index contributed by atoms with van der Waals surface area (Å²) in [7, 11) is 0. The van der Waals surface area contributed by atoms with Gasteiger partial charge in [-0.2, -0.15) is 13.2 Å². The zero-order valence-corrected chi connectivity index (χ0v) is 11.5. The predicted molar refractivity (Wildman–Crippen MR) is 70.6 cm³/mol. The maximum Gasteiger partial charge on any atom is 0.416 e. The van der Waals surface area contributed by atoms with E-state index in [4.69, 9.17) is 4.74 Å². The molecule has 2 unspecified atom stereocenters. The van der Waals surface area contributed by atoms with Crippen molar-refractivity contribution >= 4 is 5.91 Å². The van der Waals surface area contributed by atoms with Gasteiger partial charge in [-0.15, -0.1) is 0 Å². The third kappa shape index (κ3) is 4.18. The van der Waals surface area contributed by atoms with Crippen molar-refractivity contribution in [2.75, 3.05) is 19.7 Å². The fourth-order valence-corrected chi connectivity index (χ4v) is 2.08. The van der Waals surface area contributed by atoms with Crippen LogP contribution in [0.2, 0.25) is 0 Å². The standard InChI is InChI=1S/C14H17F3N2O2/c1-9(19-13(20)12-8-18-6-7-21-12)10-2-4-11(5-3-10)14(15,16)17/h2-5,9,12,18H,6-8H2,1H3,(H,19,20). The Hall–Kier alpha value is -1.60. The smallest absolute Gasteiger partial charge is 0.366 e. The molecular weight excluding hydrogens is 285 g/mol. The Kier molecular flexibility index (Phi) is 4.84. The lowest BCUT2D eigenvalue weighted by atomic mass is 10.1. The minimum Gasteiger partial charge on any atom is -0.366 e. The van der Waals surface area contributed by atoms with Gasteiger partial charge in [0.05, 0.1) is 18.2 Å². The first kappa shape index (κ1) is 15.8. The molecule has 7 heteroatoms. The molecule has 2 N–H and O–H groups in total. The number of carbonyl (C=O) groups is 1. The summed E-state index contributed by atoms with van der Waals surface area (Å²) in [6, 6.07) is 4.37. The van der Waals surface area contributed by atoms with E-state index in [2.05, 4.69) is 10.6 Å². The topological polar surface area (TPSA) is 50.4 Å². The molecule has 0 bridgehead atoms. The van der Waals surface area contributed by atoms with Gasteiger partial charge in [-0.05, 0) is 24.6 Å². The first-order valence-corrected chi connectivity index (χ1v) is 6.68. The summed E-state index contributed by atoms with van der Waals surface area (Å²) in [6.07, 6.45) is -4.91. The largest absolute Gasteiger partial charge is 0.416 e. The Labute approximate surface area is 120 Å². The van der Waals surface area contributed by atoms with E-state index in [-0.39, 0.29) is 11.9 Å². The molecule has 0 spiro atoms. The maximum absolute atomic E-state index is 12.5. The second-order valence-electron chi connectivity index (χ2n) is 4.91. The van der Waals surface area contributed by atoms with Gasteiger partial charge in [0.2, 0.25) is 0 Å². The zero-order valence-electron chi connectivity index (χ0n) is 11.5. The molecule has 4 nitrogen and oxygen atoms in total. The van der Waals surface area contributed by atoms with Crippen molar-refractivity contribution in [3.63, 3.8) is 0 Å². The van der Waals surface area contributed by atoms with Crippen LogP contribution in [0.4, 0.5) is 13.2 Å². The second-order valence-corrected chi connectivity index (χ2v) is 4.91. The third-order valence-electron chi connectivity index (χ3n) is 3.32. The van der Waals surface area contributed by atoms with Crippen molar-refractivity contribution < 1.29 is 22.7 Å². The summed E-state index contributed by atoms with van der Waals surface area (Å²) in [5, 5.41) is 5.78. The minimum atomic E-state index is -4.35. The second kappa shape index (κ2) is 6.44. The highest BCUT2D eigenvalue weighted by molar-refractivity contribution is 5.81. The monoisotopic (exact) mass is 302 g/mol. The third-order valence-corrected chi connectivity index (χ3v) is 3.32. The van der Waals surface area contributed by atoms with Crippen LogP contribution in [0.15, 0.2) is 24.3 Å². The molecule has 1 saturated heterocycles. The Morgan fingerprint density at radius 2 is 2.05 bits per heavy atom. The van der Waals surface area contributed by atoms with E-state index in [0.29, 0.717) is 25.3 Å². The highest BCUT2D eigenvalue weighted by Gasteiger charge is 2.30. The van der Waals surface area contributed by atoms with Crippen molar-refractivity contribution in [2.24, 2.45) is 0 Å². The first-order chi connectivity index (χ1) is 9.88. The number of amides is 1. The van der Waals surface area contributed by atoms with E-state index < -0.39 is 17.8 Å². The van der Waals surface area contributed by atoms with Crippen LogP contribution >= 0.6 is 0 Å². The molecule has 0 radical (unpaired) electrons. The van der Waals surface area contributed by atoms with Gasteiger partial charge in [-0.1, -0.05) is 12.1 Å². The van der Waals surface area contributed by atoms with Crippen molar-refractivity contribution in [3.8, 4) is 0 Å². The molecule has 1 amide bonds. The molecule has 1 aliphatic heterocycles. The fourth-order valence-electron chi connectivity index (χ4n) is 2.08. The van der Waals surface area contributed by atoms with Crippen LogP contribution in [0.5, 0.6) is 0 Å². The zero-order chi connectivity index (χ0) is 15.5. The Bertz CT molecular complexity index is 482. The number of hydrogen-bond donors (Lipinski definition) is 2. The Morgan fingerprint density at radius 3 is 2.57 bits per heavy atom. The number of alkyl halides is 3. The quantitative estimate of drug-likeness (QED) is 0.896. The average Bonchev–Trinajstić information content (AvgIpc) is 2.47. The molecule has 0 saturated carbocycles.